The highest BCUT2D eigenvalue weighted by Crippen LogP contribution is 2.22. The zero-order valence-corrected chi connectivity index (χ0v) is 16.4. The first-order valence-corrected chi connectivity index (χ1v) is 9.78. The van der Waals surface area contributed by atoms with Crippen molar-refractivity contribution >= 4 is 46.8 Å². The summed E-state index contributed by atoms with van der Waals surface area (Å²) in [6, 6.07) is 9.56. The van der Waals surface area contributed by atoms with Gasteiger partial charge in [-0.2, -0.15) is 10.2 Å². The summed E-state index contributed by atoms with van der Waals surface area (Å²) in [5.41, 5.74) is 4.71. The smallest absolute Gasteiger partial charge is 0.250 e. The summed E-state index contributed by atoms with van der Waals surface area (Å²) >= 11 is 9.17. The lowest BCUT2D eigenvalue weighted by atomic mass is 10.3. The number of hydrogen-bond donors (Lipinski definition) is 1. The summed E-state index contributed by atoms with van der Waals surface area (Å²) in [6.45, 7) is 3.70. The number of nitrogens with one attached hydrogen (secondary N) is 1. The van der Waals surface area contributed by atoms with Gasteiger partial charge in [-0.25, -0.2) is 10.1 Å². The number of benzene rings is 1. The van der Waals surface area contributed by atoms with Crippen LogP contribution < -0.4 is 5.43 Å². The van der Waals surface area contributed by atoms with Gasteiger partial charge in [-0.1, -0.05) is 52.9 Å². The van der Waals surface area contributed by atoms with E-state index >= 15 is 0 Å². The molecule has 7 nitrogen and oxygen atoms in total. The molecule has 0 radical (unpaired) electrons. The van der Waals surface area contributed by atoms with Crippen LogP contribution in [-0.4, -0.2) is 37.9 Å². The highest BCUT2D eigenvalue weighted by atomic mass is 35.5. The molecule has 0 aliphatic carbocycles. The highest BCUT2D eigenvalue weighted by Gasteiger charge is 2.13. The molecule has 10 heteroatoms. The number of amides is 1. The molecule has 0 aliphatic rings. The van der Waals surface area contributed by atoms with E-state index in [9.17, 15) is 4.79 Å². The minimum atomic E-state index is -0.233. The molecule has 1 N–H and O–H groups in total. The molecule has 0 fully saturated rings. The van der Waals surface area contributed by atoms with Crippen LogP contribution in [0.5, 0.6) is 0 Å². The maximum Gasteiger partial charge on any atom is 0.250 e. The Kier molecular flexibility index (Phi) is 6.02. The Labute approximate surface area is 163 Å². The predicted octanol–water partition coefficient (Wildman–Crippen LogP) is 3.24. The summed E-state index contributed by atoms with van der Waals surface area (Å²) in [7, 11) is 0. The van der Waals surface area contributed by atoms with Crippen molar-refractivity contribution in [2.24, 2.45) is 5.10 Å². The van der Waals surface area contributed by atoms with Crippen LogP contribution in [0.1, 0.15) is 16.3 Å². The number of thioether (sulfide) groups is 1. The van der Waals surface area contributed by atoms with Gasteiger partial charge in [0.25, 0.3) is 5.91 Å². The van der Waals surface area contributed by atoms with Crippen molar-refractivity contribution in [1.82, 2.24) is 25.4 Å². The number of para-hydroxylation sites is 1. The predicted molar refractivity (Wildman–Crippen MR) is 104 cm³/mol. The molecule has 0 aliphatic heterocycles. The Morgan fingerprint density at radius 1 is 1.35 bits per heavy atom. The van der Waals surface area contributed by atoms with Crippen LogP contribution in [0.15, 0.2) is 39.8 Å². The van der Waals surface area contributed by atoms with Crippen molar-refractivity contribution in [3.05, 3.63) is 51.7 Å². The number of aryl methyl sites for hydroxylation is 2. The third kappa shape index (κ3) is 4.48. The molecule has 1 amide bonds. The van der Waals surface area contributed by atoms with Gasteiger partial charge in [-0.15, -0.1) is 10.2 Å². The van der Waals surface area contributed by atoms with E-state index in [0.717, 1.165) is 20.7 Å². The topological polar surface area (TPSA) is 85.1 Å². The standard InChI is InChI=1S/C16H15ClN6OS2/c1-10-13(15(17)23(22-10)12-6-4-3-5-7-12)8-18-20-14(24)9-25-16-21-19-11(2)26-16/h3-8H,9H2,1-2H3,(H,20,24)/b18-8+. The van der Waals surface area contributed by atoms with Crippen molar-refractivity contribution in [3.8, 4) is 5.69 Å². The van der Waals surface area contributed by atoms with E-state index < -0.39 is 0 Å². The van der Waals surface area contributed by atoms with E-state index in [-0.39, 0.29) is 11.7 Å². The van der Waals surface area contributed by atoms with Gasteiger partial charge >= 0.3 is 0 Å². The lowest BCUT2D eigenvalue weighted by molar-refractivity contribution is -0.118. The zero-order chi connectivity index (χ0) is 18.5. The largest absolute Gasteiger partial charge is 0.272 e. The Morgan fingerprint density at radius 2 is 2.12 bits per heavy atom. The normalized spacial score (nSPS) is 11.2. The first-order chi connectivity index (χ1) is 12.5. The van der Waals surface area contributed by atoms with Crippen molar-refractivity contribution in [1.29, 1.82) is 0 Å². The number of hydrogen-bond acceptors (Lipinski definition) is 7. The molecule has 26 heavy (non-hydrogen) atoms. The number of halogens is 1. The fourth-order valence-electron chi connectivity index (χ4n) is 2.06. The first-order valence-electron chi connectivity index (χ1n) is 7.60. The van der Waals surface area contributed by atoms with Crippen LogP contribution in [0.4, 0.5) is 0 Å². The Morgan fingerprint density at radius 3 is 2.81 bits per heavy atom. The fourth-order valence-corrected chi connectivity index (χ4v) is 3.99. The SMILES string of the molecule is Cc1nnc(SCC(=O)N/N=C/c2c(C)nn(-c3ccccc3)c2Cl)s1. The van der Waals surface area contributed by atoms with Crippen LogP contribution in [0.25, 0.3) is 5.69 Å². The number of hydrazone groups is 1. The summed E-state index contributed by atoms with van der Waals surface area (Å²) in [4.78, 5) is 11.9. The molecule has 0 saturated carbocycles. The molecular formula is C16H15ClN6OS2. The second-order valence-corrected chi connectivity index (χ2v) is 7.97. The second-order valence-electron chi connectivity index (χ2n) is 5.21. The lowest BCUT2D eigenvalue weighted by Crippen LogP contribution is -2.19. The Hall–Kier alpha value is -2.23. The van der Waals surface area contributed by atoms with Crippen LogP contribution >= 0.6 is 34.7 Å². The van der Waals surface area contributed by atoms with Crippen LogP contribution in [0.3, 0.4) is 0 Å². The van der Waals surface area contributed by atoms with Gasteiger partial charge in [-0.3, -0.25) is 4.79 Å². The monoisotopic (exact) mass is 406 g/mol. The van der Waals surface area contributed by atoms with Gasteiger partial charge in [0.1, 0.15) is 10.2 Å². The van der Waals surface area contributed by atoms with E-state index in [1.54, 1.807) is 4.68 Å². The van der Waals surface area contributed by atoms with Crippen molar-refractivity contribution in [3.63, 3.8) is 0 Å². The fraction of sp³-hybridized carbons (Fsp3) is 0.188. The molecule has 0 atom stereocenters. The van der Waals surface area contributed by atoms with E-state index in [4.69, 9.17) is 11.6 Å². The van der Waals surface area contributed by atoms with Gasteiger partial charge in [-0.05, 0) is 26.0 Å². The Balaban J connectivity index is 1.61. The van der Waals surface area contributed by atoms with Gasteiger partial charge in [0.05, 0.1) is 28.9 Å². The maximum atomic E-state index is 11.9. The molecule has 0 saturated heterocycles. The van der Waals surface area contributed by atoms with E-state index in [1.807, 2.05) is 44.2 Å². The molecular weight excluding hydrogens is 392 g/mol. The maximum absolute atomic E-state index is 11.9. The van der Waals surface area contributed by atoms with Crippen molar-refractivity contribution in [2.75, 3.05) is 5.75 Å². The van der Waals surface area contributed by atoms with Gasteiger partial charge in [0, 0.05) is 0 Å². The molecule has 0 bridgehead atoms. The number of nitrogens with zero attached hydrogens (tertiary/aromatic N) is 5. The lowest BCUT2D eigenvalue weighted by Gasteiger charge is -2.01. The summed E-state index contributed by atoms with van der Waals surface area (Å²) in [5.74, 6) is -0.0227. The number of aromatic nitrogens is 4. The number of carbonyl (C=O) groups excluding carboxylic acids is 1. The van der Waals surface area contributed by atoms with Gasteiger partial charge in [0.15, 0.2) is 4.34 Å². The molecule has 0 spiro atoms. The van der Waals surface area contributed by atoms with E-state index in [2.05, 4.69) is 25.8 Å². The van der Waals surface area contributed by atoms with E-state index in [1.165, 1.54) is 29.3 Å². The molecule has 1 aromatic carbocycles. The van der Waals surface area contributed by atoms with Crippen molar-refractivity contribution in [2.45, 2.75) is 18.2 Å². The van der Waals surface area contributed by atoms with Gasteiger partial charge in [0.2, 0.25) is 0 Å². The number of carbonyl (C=O) groups is 1. The van der Waals surface area contributed by atoms with Crippen LogP contribution in [-0.2, 0) is 4.79 Å². The minimum absolute atomic E-state index is 0.210. The third-order valence-electron chi connectivity index (χ3n) is 3.27. The molecule has 3 aromatic rings. The molecule has 2 aromatic heterocycles. The van der Waals surface area contributed by atoms with Crippen molar-refractivity contribution < 1.29 is 4.79 Å². The average Bonchev–Trinajstić information content (AvgIpc) is 3.18. The average molecular weight is 407 g/mol. The first kappa shape index (κ1) is 18.6. The molecule has 0 unspecified atom stereocenters. The van der Waals surface area contributed by atoms with Crippen LogP contribution in [0.2, 0.25) is 5.15 Å². The van der Waals surface area contributed by atoms with E-state index in [0.29, 0.717) is 10.7 Å². The minimum Gasteiger partial charge on any atom is -0.272 e. The zero-order valence-electron chi connectivity index (χ0n) is 14.0. The Bertz CT molecular complexity index is 938. The quantitative estimate of drug-likeness (QED) is 0.386. The second kappa shape index (κ2) is 8.43. The third-order valence-corrected chi connectivity index (χ3v) is 5.60. The molecule has 134 valence electrons. The highest BCUT2D eigenvalue weighted by molar-refractivity contribution is 8.01. The summed E-state index contributed by atoms with van der Waals surface area (Å²) in [6.07, 6.45) is 1.50. The molecule has 2 heterocycles. The van der Waals surface area contributed by atoms with Gasteiger partial charge < -0.3 is 0 Å². The number of rotatable bonds is 6. The summed E-state index contributed by atoms with van der Waals surface area (Å²) < 4.78 is 2.39. The molecule has 3 rings (SSSR count). The van der Waals surface area contributed by atoms with Crippen LogP contribution in [0, 0.1) is 13.8 Å². The summed E-state index contributed by atoms with van der Waals surface area (Å²) in [5, 5.41) is 17.6.